The zero-order valence-corrected chi connectivity index (χ0v) is 26.4. The van der Waals surface area contributed by atoms with Crippen LogP contribution in [0.5, 0.6) is 0 Å². The van der Waals surface area contributed by atoms with Crippen LogP contribution in [0.15, 0.2) is 66.7 Å². The van der Waals surface area contributed by atoms with Gasteiger partial charge < -0.3 is 25.7 Å². The summed E-state index contributed by atoms with van der Waals surface area (Å²) in [7, 11) is 0. The molecule has 0 aliphatic carbocycles. The second-order valence-corrected chi connectivity index (χ2v) is 11.7. The zero-order valence-electron chi connectivity index (χ0n) is 26.4. The highest BCUT2D eigenvalue weighted by molar-refractivity contribution is 6.37. The van der Waals surface area contributed by atoms with Crippen LogP contribution in [0.4, 0.5) is 17.6 Å². The van der Waals surface area contributed by atoms with Crippen molar-refractivity contribution in [2.45, 2.75) is 56.5 Å². The van der Waals surface area contributed by atoms with Crippen LogP contribution < -0.4 is 10.6 Å². The Morgan fingerprint density at radius 1 is 0.860 bits per heavy atom. The average Bonchev–Trinajstić information content (AvgIpc) is 3.52. The number of hydrogen-bond acceptors (Lipinski definition) is 6. The lowest BCUT2D eigenvalue weighted by molar-refractivity contribution is -0.147. The summed E-state index contributed by atoms with van der Waals surface area (Å²) in [6.07, 6.45) is -5.56. The van der Waals surface area contributed by atoms with E-state index in [0.29, 0.717) is 23.3 Å². The van der Waals surface area contributed by atoms with Crippen molar-refractivity contribution >= 4 is 35.4 Å². The molecule has 15 heteroatoms. The van der Waals surface area contributed by atoms with Crippen molar-refractivity contribution in [3.8, 4) is 0 Å². The lowest BCUT2D eigenvalue weighted by Crippen LogP contribution is -2.54. The summed E-state index contributed by atoms with van der Waals surface area (Å²) in [5.41, 5.74) is 0.178. The average molecular weight is 700 g/mol. The maximum absolute atomic E-state index is 14.3. The number of hydrogen-bond donors (Lipinski definition) is 4. The van der Waals surface area contributed by atoms with Crippen molar-refractivity contribution in [3.63, 3.8) is 0 Å². The molecule has 3 aromatic carbocycles. The Kier molecular flexibility index (Phi) is 12.4. The van der Waals surface area contributed by atoms with Crippen molar-refractivity contribution in [3.05, 3.63) is 106 Å². The minimum atomic E-state index is -3.07. The van der Waals surface area contributed by atoms with E-state index in [-0.39, 0.29) is 13.0 Å². The summed E-state index contributed by atoms with van der Waals surface area (Å²) in [6, 6.07) is 12.9. The Labute approximate surface area is 283 Å². The van der Waals surface area contributed by atoms with Crippen molar-refractivity contribution in [2.24, 2.45) is 0 Å². The topological polar surface area (TPSA) is 170 Å². The molecule has 11 nitrogen and oxygen atoms in total. The number of likely N-dealkylation sites (tertiary alicyclic amines) is 1. The number of carbonyl (C=O) groups is 6. The molecule has 264 valence electrons. The van der Waals surface area contributed by atoms with Crippen LogP contribution in [0.3, 0.4) is 0 Å². The first kappa shape index (κ1) is 37.2. The smallest absolute Gasteiger partial charge is 0.335 e. The molecule has 3 amide bonds. The van der Waals surface area contributed by atoms with Crippen LogP contribution in [0.1, 0.15) is 51.4 Å². The Hall–Kier alpha value is -5.60. The lowest BCUT2D eigenvalue weighted by Gasteiger charge is -2.26. The van der Waals surface area contributed by atoms with E-state index in [1.54, 1.807) is 42.5 Å². The quantitative estimate of drug-likeness (QED) is 0.138. The van der Waals surface area contributed by atoms with E-state index in [1.165, 1.54) is 12.1 Å². The van der Waals surface area contributed by atoms with Gasteiger partial charge in [-0.05, 0) is 41.7 Å². The second-order valence-electron chi connectivity index (χ2n) is 11.7. The molecule has 0 bridgehead atoms. The highest BCUT2D eigenvalue weighted by atomic mass is 19.3. The monoisotopic (exact) mass is 699 g/mol. The standard InChI is InChI=1S/C35H33F4N3O8/c36-25-12-22(35(49)50)13-26(37)24(25)10-11-40-32(46)27(17-30(38)39)41-33(47)28-14-23(19-6-2-1-3-7-19)18-42(28)34(48)29(43)15-20-8-4-5-9-21(20)16-31(44)45/h1-9,12-13,23,27-28,30H,10-11,14-18H2,(H,40,46)(H,41,47)(H,44,45)(H,49,50)/t23-,27+,28?/m1/s1. The molecule has 3 aromatic rings. The van der Waals surface area contributed by atoms with E-state index in [0.717, 1.165) is 10.5 Å². The molecular formula is C35H33F4N3O8. The van der Waals surface area contributed by atoms with E-state index < -0.39 is 115 Å². The van der Waals surface area contributed by atoms with Crippen LogP contribution in [0.2, 0.25) is 0 Å². The summed E-state index contributed by atoms with van der Waals surface area (Å²) in [6.45, 7) is -0.552. The molecule has 4 rings (SSSR count). The zero-order chi connectivity index (χ0) is 36.5. The maximum atomic E-state index is 14.3. The first-order chi connectivity index (χ1) is 23.7. The first-order valence-electron chi connectivity index (χ1n) is 15.5. The molecule has 1 unspecified atom stereocenters. The lowest BCUT2D eigenvalue weighted by atomic mass is 9.96. The third-order valence-electron chi connectivity index (χ3n) is 8.29. The molecular weight excluding hydrogens is 666 g/mol. The molecule has 0 spiro atoms. The number of alkyl halides is 2. The summed E-state index contributed by atoms with van der Waals surface area (Å²) < 4.78 is 55.8. The molecule has 3 atom stereocenters. The maximum Gasteiger partial charge on any atom is 0.335 e. The van der Waals surface area contributed by atoms with Gasteiger partial charge in [-0.15, -0.1) is 0 Å². The number of Topliss-reactive ketones (excluding diaryl/α,β-unsaturated/α-hetero) is 1. The molecule has 0 aromatic heterocycles. The fourth-order valence-electron chi connectivity index (χ4n) is 5.83. The number of aliphatic carboxylic acids is 1. The van der Waals surface area contributed by atoms with Crippen LogP contribution >= 0.6 is 0 Å². The number of amides is 3. The number of rotatable bonds is 15. The summed E-state index contributed by atoms with van der Waals surface area (Å²) in [5.74, 6) is -9.61. The Balaban J connectivity index is 1.50. The van der Waals surface area contributed by atoms with Gasteiger partial charge >= 0.3 is 11.9 Å². The van der Waals surface area contributed by atoms with Gasteiger partial charge in [-0.1, -0.05) is 54.6 Å². The van der Waals surface area contributed by atoms with Crippen molar-refractivity contribution in [2.75, 3.05) is 13.1 Å². The Morgan fingerprint density at radius 2 is 1.46 bits per heavy atom. The highest BCUT2D eigenvalue weighted by Crippen LogP contribution is 2.32. The summed E-state index contributed by atoms with van der Waals surface area (Å²) in [5, 5.41) is 22.7. The molecule has 4 N–H and O–H groups in total. The molecule has 1 fully saturated rings. The third-order valence-corrected chi connectivity index (χ3v) is 8.29. The number of carboxylic acid groups (broad SMARTS) is 2. The largest absolute Gasteiger partial charge is 0.481 e. The van der Waals surface area contributed by atoms with E-state index in [1.807, 2.05) is 0 Å². The number of carbonyl (C=O) groups excluding carboxylic acids is 4. The normalized spacial score (nSPS) is 16.1. The number of nitrogens with zero attached hydrogens (tertiary/aromatic N) is 1. The van der Waals surface area contributed by atoms with Gasteiger partial charge in [0.2, 0.25) is 24.0 Å². The SMILES string of the molecule is O=C(O)Cc1ccccc1CC(=O)C(=O)N1C[C@H](c2ccccc2)CC1C(=O)N[C@@H](CC(F)F)C(=O)NCCc1c(F)cc(C(=O)O)cc1F. The van der Waals surface area contributed by atoms with Crippen LogP contribution in [0, 0.1) is 11.6 Å². The van der Waals surface area contributed by atoms with Gasteiger partial charge in [0, 0.05) is 37.4 Å². The molecule has 1 heterocycles. The van der Waals surface area contributed by atoms with E-state index in [9.17, 15) is 51.4 Å². The first-order valence-corrected chi connectivity index (χ1v) is 15.5. The van der Waals surface area contributed by atoms with Gasteiger partial charge in [0.25, 0.3) is 5.91 Å². The number of nitrogens with one attached hydrogen (secondary N) is 2. The summed E-state index contributed by atoms with van der Waals surface area (Å²) in [4.78, 5) is 76.7. The number of aromatic carboxylic acids is 1. The van der Waals surface area contributed by atoms with E-state index >= 15 is 0 Å². The molecule has 1 aliphatic heterocycles. The number of halogens is 4. The highest BCUT2D eigenvalue weighted by Gasteiger charge is 2.43. The van der Waals surface area contributed by atoms with Gasteiger partial charge in [0.05, 0.1) is 12.0 Å². The van der Waals surface area contributed by atoms with E-state index in [2.05, 4.69) is 10.6 Å². The minimum Gasteiger partial charge on any atom is -0.481 e. The molecule has 1 saturated heterocycles. The van der Waals surface area contributed by atoms with Crippen LogP contribution in [-0.2, 0) is 43.2 Å². The predicted octanol–water partition coefficient (Wildman–Crippen LogP) is 3.29. The molecule has 50 heavy (non-hydrogen) atoms. The van der Waals surface area contributed by atoms with Gasteiger partial charge in [0.1, 0.15) is 23.7 Å². The molecule has 0 saturated carbocycles. The minimum absolute atomic E-state index is 0.0155. The van der Waals surface area contributed by atoms with Crippen LogP contribution in [-0.4, -0.2) is 82.2 Å². The number of ketones is 1. The van der Waals surface area contributed by atoms with Crippen LogP contribution in [0.25, 0.3) is 0 Å². The second kappa shape index (κ2) is 16.7. The molecule has 0 radical (unpaired) electrons. The Bertz CT molecular complexity index is 1750. The van der Waals surface area contributed by atoms with Gasteiger partial charge in [-0.2, -0.15) is 0 Å². The predicted molar refractivity (Wildman–Crippen MR) is 168 cm³/mol. The van der Waals surface area contributed by atoms with Crippen molar-refractivity contribution in [1.82, 2.24) is 15.5 Å². The Morgan fingerprint density at radius 3 is 2.04 bits per heavy atom. The fraction of sp³-hybridized carbons (Fsp3) is 0.314. The number of benzene rings is 3. The third kappa shape index (κ3) is 9.51. The van der Waals surface area contributed by atoms with Gasteiger partial charge in [0.15, 0.2) is 0 Å². The van der Waals surface area contributed by atoms with E-state index in [4.69, 9.17) is 5.11 Å². The van der Waals surface area contributed by atoms with Gasteiger partial charge in [-0.25, -0.2) is 22.4 Å². The van der Waals surface area contributed by atoms with Crippen molar-refractivity contribution in [1.29, 1.82) is 0 Å². The summed E-state index contributed by atoms with van der Waals surface area (Å²) >= 11 is 0. The fourth-order valence-corrected chi connectivity index (χ4v) is 5.83. The number of carboxylic acids is 2. The van der Waals surface area contributed by atoms with Gasteiger partial charge in [-0.3, -0.25) is 24.0 Å². The van der Waals surface area contributed by atoms with Crippen molar-refractivity contribution < 1.29 is 56.5 Å². The molecule has 1 aliphatic rings.